The van der Waals surface area contributed by atoms with Crippen LogP contribution in [0, 0.1) is 0 Å². The number of urea groups is 1. The van der Waals surface area contributed by atoms with Crippen LogP contribution in [-0.4, -0.2) is 54.2 Å². The molecule has 10 heteroatoms. The van der Waals surface area contributed by atoms with Crippen LogP contribution in [0.2, 0.25) is 0 Å². The highest BCUT2D eigenvalue weighted by Crippen LogP contribution is 2.34. The summed E-state index contributed by atoms with van der Waals surface area (Å²) < 4.78 is 15.3. The minimum atomic E-state index is -0.995. The molecule has 2 N–H and O–H groups in total. The highest BCUT2D eigenvalue weighted by molar-refractivity contribution is 6.06. The van der Waals surface area contributed by atoms with E-state index in [4.69, 9.17) is 14.2 Å². The summed E-state index contributed by atoms with van der Waals surface area (Å²) in [6.45, 7) is 2.67. The molecular weight excluding hydrogens is 358 g/mol. The van der Waals surface area contributed by atoms with Crippen molar-refractivity contribution in [2.24, 2.45) is 0 Å². The third-order valence-corrected chi connectivity index (χ3v) is 4.00. The lowest BCUT2D eigenvalue weighted by Gasteiger charge is -2.15. The number of anilines is 1. The fraction of sp³-hybridized carbons (Fsp3) is 0.412. The zero-order chi connectivity index (χ0) is 19.6. The summed E-state index contributed by atoms with van der Waals surface area (Å²) in [6.07, 6.45) is -0.202. The number of imide groups is 1. The summed E-state index contributed by atoms with van der Waals surface area (Å²) in [5, 5.41) is 5.08. The smallest absolute Gasteiger partial charge is 0.325 e. The van der Waals surface area contributed by atoms with E-state index in [0.717, 1.165) is 4.90 Å². The minimum absolute atomic E-state index is 0.114. The van der Waals surface area contributed by atoms with Crippen LogP contribution in [-0.2, 0) is 19.1 Å². The van der Waals surface area contributed by atoms with Crippen LogP contribution < -0.4 is 20.1 Å². The summed E-state index contributed by atoms with van der Waals surface area (Å²) in [6, 6.07) is 4.33. The first-order chi connectivity index (χ1) is 12.8. The maximum atomic E-state index is 12.0. The molecule has 3 rings (SSSR count). The second-order valence-corrected chi connectivity index (χ2v) is 6.54. The molecule has 2 aliphatic heterocycles. The Morgan fingerprint density at radius 1 is 1.26 bits per heavy atom. The van der Waals surface area contributed by atoms with Crippen LogP contribution in [0.3, 0.4) is 0 Å². The second kappa shape index (κ2) is 7.14. The van der Waals surface area contributed by atoms with Gasteiger partial charge in [-0.3, -0.25) is 19.3 Å². The van der Waals surface area contributed by atoms with Crippen molar-refractivity contribution >= 4 is 29.5 Å². The molecule has 0 saturated carbocycles. The molecule has 0 unspecified atom stereocenters. The lowest BCUT2D eigenvalue weighted by Crippen LogP contribution is -2.40. The van der Waals surface area contributed by atoms with Gasteiger partial charge in [-0.05, 0) is 26.0 Å². The third kappa shape index (κ3) is 4.10. The molecule has 4 amide bonds. The number of nitrogens with zero attached hydrogens (tertiary/aromatic N) is 1. The molecule has 1 saturated heterocycles. The van der Waals surface area contributed by atoms with E-state index >= 15 is 0 Å². The maximum Gasteiger partial charge on any atom is 0.325 e. The largest absolute Gasteiger partial charge is 0.456 e. The van der Waals surface area contributed by atoms with Crippen LogP contribution in [0.5, 0.6) is 11.5 Å². The number of carbonyl (C=O) groups is 4. The van der Waals surface area contributed by atoms with Gasteiger partial charge in [-0.15, -0.1) is 0 Å². The van der Waals surface area contributed by atoms with E-state index in [0.29, 0.717) is 17.2 Å². The quantitative estimate of drug-likeness (QED) is 0.550. The molecule has 1 fully saturated rings. The topological polar surface area (TPSA) is 123 Å². The fourth-order valence-corrected chi connectivity index (χ4v) is 2.61. The molecule has 144 valence electrons. The zero-order valence-corrected chi connectivity index (χ0v) is 14.9. The molecule has 0 aliphatic carbocycles. The SMILES string of the molecule is CC1(C)NC(=O)N(CCC(=O)OCC(=O)Nc2ccc3c(c2)OCO3)C1=O. The van der Waals surface area contributed by atoms with E-state index in [1.165, 1.54) is 0 Å². The average molecular weight is 377 g/mol. The van der Waals surface area contributed by atoms with Crippen molar-refractivity contribution in [1.29, 1.82) is 0 Å². The Bertz CT molecular complexity index is 806. The minimum Gasteiger partial charge on any atom is -0.456 e. The Morgan fingerprint density at radius 2 is 2.00 bits per heavy atom. The van der Waals surface area contributed by atoms with E-state index in [9.17, 15) is 19.2 Å². The zero-order valence-electron chi connectivity index (χ0n) is 14.9. The molecule has 2 aliphatic rings. The average Bonchev–Trinajstić information content (AvgIpc) is 3.14. The van der Waals surface area contributed by atoms with Gasteiger partial charge >= 0.3 is 12.0 Å². The molecule has 1 aromatic carbocycles. The third-order valence-electron chi connectivity index (χ3n) is 4.00. The number of esters is 1. The first-order valence-corrected chi connectivity index (χ1v) is 8.25. The van der Waals surface area contributed by atoms with E-state index in [1.54, 1.807) is 32.0 Å². The number of hydrogen-bond acceptors (Lipinski definition) is 7. The van der Waals surface area contributed by atoms with Gasteiger partial charge in [0.15, 0.2) is 18.1 Å². The van der Waals surface area contributed by atoms with Crippen LogP contribution in [0.25, 0.3) is 0 Å². The predicted octanol–water partition coefficient (Wildman–Crippen LogP) is 0.617. The molecule has 10 nitrogen and oxygen atoms in total. The number of fused-ring (bicyclic) bond motifs is 1. The summed E-state index contributed by atoms with van der Waals surface area (Å²) in [5.41, 5.74) is -0.521. The van der Waals surface area contributed by atoms with Gasteiger partial charge in [-0.2, -0.15) is 0 Å². The van der Waals surface area contributed by atoms with Crippen molar-refractivity contribution in [3.8, 4) is 11.5 Å². The lowest BCUT2D eigenvalue weighted by molar-refractivity contribution is -0.147. The highest BCUT2D eigenvalue weighted by atomic mass is 16.7. The van der Waals surface area contributed by atoms with Crippen LogP contribution in [0.15, 0.2) is 18.2 Å². The number of hydrogen-bond donors (Lipinski definition) is 2. The number of carbonyl (C=O) groups excluding carboxylic acids is 4. The highest BCUT2D eigenvalue weighted by Gasteiger charge is 2.44. The monoisotopic (exact) mass is 377 g/mol. The number of ether oxygens (including phenoxy) is 3. The van der Waals surface area contributed by atoms with Gasteiger partial charge in [0.05, 0.1) is 6.42 Å². The summed E-state index contributed by atoms with van der Waals surface area (Å²) in [7, 11) is 0. The van der Waals surface area contributed by atoms with Gasteiger partial charge in [0.1, 0.15) is 5.54 Å². The van der Waals surface area contributed by atoms with Crippen molar-refractivity contribution < 1.29 is 33.4 Å². The summed E-state index contributed by atoms with van der Waals surface area (Å²) in [5.74, 6) is -0.537. The van der Waals surface area contributed by atoms with E-state index in [2.05, 4.69) is 10.6 Å². The van der Waals surface area contributed by atoms with Crippen LogP contribution in [0.1, 0.15) is 20.3 Å². The Kier molecular flexibility index (Phi) is 4.89. The molecular formula is C17H19N3O7. The Hall–Kier alpha value is -3.30. The maximum absolute atomic E-state index is 12.0. The molecule has 2 heterocycles. The van der Waals surface area contributed by atoms with Crippen LogP contribution in [0.4, 0.5) is 10.5 Å². The number of rotatable bonds is 6. The first kappa shape index (κ1) is 18.5. The van der Waals surface area contributed by atoms with Gasteiger partial charge in [-0.25, -0.2) is 4.79 Å². The molecule has 27 heavy (non-hydrogen) atoms. The predicted molar refractivity (Wildman–Crippen MR) is 91.1 cm³/mol. The number of nitrogens with one attached hydrogen (secondary N) is 2. The molecule has 0 bridgehead atoms. The van der Waals surface area contributed by atoms with Gasteiger partial charge in [-0.1, -0.05) is 0 Å². The van der Waals surface area contributed by atoms with Crippen molar-refractivity contribution in [2.75, 3.05) is 25.3 Å². The lowest BCUT2D eigenvalue weighted by atomic mass is 10.1. The Labute approximate surface area is 154 Å². The van der Waals surface area contributed by atoms with Crippen molar-refractivity contribution in [2.45, 2.75) is 25.8 Å². The van der Waals surface area contributed by atoms with E-state index in [-0.39, 0.29) is 19.8 Å². The fourth-order valence-electron chi connectivity index (χ4n) is 2.61. The van der Waals surface area contributed by atoms with Crippen molar-refractivity contribution in [1.82, 2.24) is 10.2 Å². The molecule has 0 atom stereocenters. The normalized spacial score (nSPS) is 16.9. The molecule has 0 aromatic heterocycles. The van der Waals surface area contributed by atoms with Gasteiger partial charge < -0.3 is 24.8 Å². The van der Waals surface area contributed by atoms with Gasteiger partial charge in [0.25, 0.3) is 11.8 Å². The summed E-state index contributed by atoms with van der Waals surface area (Å²) in [4.78, 5) is 48.3. The molecule has 0 radical (unpaired) electrons. The second-order valence-electron chi connectivity index (χ2n) is 6.54. The Morgan fingerprint density at radius 3 is 2.70 bits per heavy atom. The van der Waals surface area contributed by atoms with Crippen molar-refractivity contribution in [3.05, 3.63) is 18.2 Å². The number of benzene rings is 1. The van der Waals surface area contributed by atoms with E-state index in [1.807, 2.05) is 0 Å². The number of amides is 4. The van der Waals surface area contributed by atoms with Crippen LogP contribution >= 0.6 is 0 Å². The van der Waals surface area contributed by atoms with Crippen molar-refractivity contribution in [3.63, 3.8) is 0 Å². The Balaban J connectivity index is 1.42. The van der Waals surface area contributed by atoms with E-state index < -0.39 is 36.0 Å². The summed E-state index contributed by atoms with van der Waals surface area (Å²) >= 11 is 0. The standard InChI is InChI=1S/C17H19N3O7/c1-17(2)15(23)20(16(24)19-17)6-5-14(22)25-8-13(21)18-10-3-4-11-12(7-10)27-9-26-11/h3-4,7H,5-6,8-9H2,1-2H3,(H,18,21)(H,19,24). The van der Waals surface area contributed by atoms with Gasteiger partial charge in [0, 0.05) is 18.3 Å². The first-order valence-electron chi connectivity index (χ1n) is 8.25. The molecule has 0 spiro atoms. The molecule has 1 aromatic rings. The van der Waals surface area contributed by atoms with Gasteiger partial charge in [0.2, 0.25) is 6.79 Å².